The van der Waals surface area contributed by atoms with Gasteiger partial charge < -0.3 is 14.4 Å². The number of allylic oxidation sites excluding steroid dienone is 5. The lowest BCUT2D eigenvalue weighted by atomic mass is 9.56. The van der Waals surface area contributed by atoms with Crippen molar-refractivity contribution < 1.29 is 23.9 Å². The Morgan fingerprint density at radius 1 is 1.25 bits per heavy atom. The Bertz CT molecular complexity index is 692. The molecule has 0 bridgehead atoms. The zero-order valence-corrected chi connectivity index (χ0v) is 15.2. The second-order valence-corrected chi connectivity index (χ2v) is 7.03. The van der Waals surface area contributed by atoms with Crippen LogP contribution in [0.1, 0.15) is 0 Å². The number of hydrogen-bond acceptors (Lipinski definition) is 5. The van der Waals surface area contributed by atoms with Gasteiger partial charge in [0.1, 0.15) is 0 Å². The first-order valence-corrected chi connectivity index (χ1v) is 8.36. The summed E-state index contributed by atoms with van der Waals surface area (Å²) in [5.41, 5.74) is -0.915. The van der Waals surface area contributed by atoms with E-state index in [-0.39, 0.29) is 11.8 Å². The Kier molecular flexibility index (Phi) is 4.15. The SMILES string of the molecule is COC(=O)C1(C(=O)OC)[C@@H]2C=CC=CC2=C(Br)[C@H]2CN(C)C(=O)[C@H]21. The minimum atomic E-state index is -1.72. The number of likely N-dealkylation sites (tertiary alicyclic amines) is 1. The highest BCUT2D eigenvalue weighted by molar-refractivity contribution is 9.11. The lowest BCUT2D eigenvalue weighted by Gasteiger charge is -2.45. The second kappa shape index (κ2) is 5.88. The lowest BCUT2D eigenvalue weighted by molar-refractivity contribution is -0.180. The molecule has 3 aliphatic rings. The van der Waals surface area contributed by atoms with Crippen molar-refractivity contribution in [2.24, 2.45) is 23.2 Å². The Morgan fingerprint density at radius 3 is 2.46 bits per heavy atom. The van der Waals surface area contributed by atoms with E-state index in [1.165, 1.54) is 14.2 Å². The molecular formula is C17H18BrNO5. The first-order chi connectivity index (χ1) is 11.4. The van der Waals surface area contributed by atoms with Gasteiger partial charge >= 0.3 is 11.9 Å². The molecule has 2 aliphatic carbocycles. The van der Waals surface area contributed by atoms with Crippen LogP contribution >= 0.6 is 15.9 Å². The molecule has 3 atom stereocenters. The molecular weight excluding hydrogens is 378 g/mol. The van der Waals surface area contributed by atoms with Crippen LogP contribution in [0.25, 0.3) is 0 Å². The van der Waals surface area contributed by atoms with Crippen molar-refractivity contribution >= 4 is 33.8 Å². The summed E-state index contributed by atoms with van der Waals surface area (Å²) in [4.78, 5) is 40.1. The standard InChI is InChI=1S/C17H18BrNO5/c1-19-8-10-12(14(19)20)17(15(21)23-2,16(22)24-3)11-7-5-4-6-9(11)13(10)18/h4-7,10-12H,8H2,1-3H3/t10-,11+,12-/m0/s1. The molecule has 1 aliphatic heterocycles. The third kappa shape index (κ3) is 1.97. The minimum Gasteiger partial charge on any atom is -0.468 e. The normalized spacial score (nSPS) is 30.1. The average Bonchev–Trinajstić information content (AvgIpc) is 2.91. The molecule has 24 heavy (non-hydrogen) atoms. The van der Waals surface area contributed by atoms with E-state index in [0.717, 1.165) is 10.1 Å². The van der Waals surface area contributed by atoms with Crippen LogP contribution < -0.4 is 0 Å². The second-order valence-electron chi connectivity index (χ2n) is 6.18. The Labute approximate surface area is 148 Å². The summed E-state index contributed by atoms with van der Waals surface area (Å²) < 4.78 is 10.8. The maximum atomic E-state index is 12.9. The van der Waals surface area contributed by atoms with E-state index in [0.29, 0.717) is 6.54 Å². The van der Waals surface area contributed by atoms with Crippen LogP contribution in [0, 0.1) is 23.2 Å². The van der Waals surface area contributed by atoms with E-state index in [2.05, 4.69) is 15.9 Å². The van der Waals surface area contributed by atoms with Crippen molar-refractivity contribution in [3.05, 3.63) is 34.4 Å². The number of carbonyl (C=O) groups is 3. The van der Waals surface area contributed by atoms with E-state index in [1.807, 2.05) is 12.2 Å². The van der Waals surface area contributed by atoms with Crippen LogP contribution in [-0.4, -0.2) is 50.6 Å². The van der Waals surface area contributed by atoms with Crippen LogP contribution in [0.3, 0.4) is 0 Å². The van der Waals surface area contributed by atoms with Gasteiger partial charge in [-0.2, -0.15) is 0 Å². The summed E-state index contributed by atoms with van der Waals surface area (Å²) >= 11 is 3.60. The molecule has 0 saturated carbocycles. The van der Waals surface area contributed by atoms with Gasteiger partial charge in [-0.3, -0.25) is 14.4 Å². The zero-order chi connectivity index (χ0) is 17.6. The summed E-state index contributed by atoms with van der Waals surface area (Å²) in [6.45, 7) is 0.424. The predicted molar refractivity (Wildman–Crippen MR) is 88.8 cm³/mol. The number of esters is 2. The third-order valence-corrected chi connectivity index (χ3v) is 6.22. The monoisotopic (exact) mass is 395 g/mol. The third-order valence-electron chi connectivity index (χ3n) is 5.17. The quantitative estimate of drug-likeness (QED) is 0.522. The van der Waals surface area contributed by atoms with Gasteiger partial charge in [0.15, 0.2) is 5.41 Å². The van der Waals surface area contributed by atoms with Gasteiger partial charge in [0.05, 0.1) is 20.1 Å². The van der Waals surface area contributed by atoms with Crippen molar-refractivity contribution in [3.8, 4) is 0 Å². The Morgan fingerprint density at radius 2 is 1.88 bits per heavy atom. The van der Waals surface area contributed by atoms with Crippen molar-refractivity contribution in [2.45, 2.75) is 0 Å². The molecule has 1 saturated heterocycles. The van der Waals surface area contributed by atoms with Crippen molar-refractivity contribution in [1.29, 1.82) is 0 Å². The van der Waals surface area contributed by atoms with Crippen LogP contribution in [0.4, 0.5) is 0 Å². The van der Waals surface area contributed by atoms with Crippen molar-refractivity contribution in [1.82, 2.24) is 4.90 Å². The van der Waals surface area contributed by atoms with Crippen LogP contribution in [0.5, 0.6) is 0 Å². The number of halogens is 1. The molecule has 3 rings (SSSR count). The van der Waals surface area contributed by atoms with Gasteiger partial charge in [-0.25, -0.2) is 0 Å². The molecule has 1 fully saturated rings. The van der Waals surface area contributed by atoms with Gasteiger partial charge in [0, 0.05) is 29.9 Å². The van der Waals surface area contributed by atoms with Gasteiger partial charge in [0.2, 0.25) is 5.91 Å². The van der Waals surface area contributed by atoms with E-state index in [1.54, 1.807) is 24.1 Å². The fourth-order valence-corrected chi connectivity index (χ4v) is 4.93. The number of methoxy groups -OCH3 is 2. The highest BCUT2D eigenvalue weighted by Crippen LogP contribution is 2.57. The summed E-state index contributed by atoms with van der Waals surface area (Å²) in [5, 5.41) is 0. The summed E-state index contributed by atoms with van der Waals surface area (Å²) in [6, 6.07) is 0. The Balaban J connectivity index is 2.33. The van der Waals surface area contributed by atoms with Gasteiger partial charge in [-0.1, -0.05) is 40.2 Å². The molecule has 128 valence electrons. The highest BCUT2D eigenvalue weighted by Gasteiger charge is 2.69. The van der Waals surface area contributed by atoms with Gasteiger partial charge in [0.25, 0.3) is 0 Å². The topological polar surface area (TPSA) is 72.9 Å². The number of rotatable bonds is 2. The fourth-order valence-electron chi connectivity index (χ4n) is 4.14. The van der Waals surface area contributed by atoms with Crippen LogP contribution in [-0.2, 0) is 23.9 Å². The Hall–Kier alpha value is -1.89. The lowest BCUT2D eigenvalue weighted by Crippen LogP contribution is -2.58. The largest absolute Gasteiger partial charge is 0.468 e. The molecule has 1 amide bonds. The molecule has 0 aromatic heterocycles. The molecule has 6 nitrogen and oxygen atoms in total. The van der Waals surface area contributed by atoms with Crippen LogP contribution in [0.2, 0.25) is 0 Å². The summed E-state index contributed by atoms with van der Waals surface area (Å²) in [5.74, 6) is -3.51. The van der Waals surface area contributed by atoms with E-state index >= 15 is 0 Å². The molecule has 0 N–H and O–H groups in total. The molecule has 0 spiro atoms. The number of amides is 1. The number of carbonyl (C=O) groups excluding carboxylic acids is 3. The first-order valence-electron chi connectivity index (χ1n) is 7.57. The molecule has 0 radical (unpaired) electrons. The van der Waals surface area contributed by atoms with Gasteiger partial charge in [-0.05, 0) is 5.57 Å². The fraction of sp³-hybridized carbons (Fsp3) is 0.471. The number of nitrogens with zero attached hydrogens (tertiary/aromatic N) is 1. The molecule has 0 unspecified atom stereocenters. The highest BCUT2D eigenvalue weighted by atomic mass is 79.9. The average molecular weight is 396 g/mol. The molecule has 0 aromatic carbocycles. The van der Waals surface area contributed by atoms with E-state index in [4.69, 9.17) is 9.47 Å². The number of ether oxygens (including phenoxy) is 2. The molecule has 7 heteroatoms. The van der Waals surface area contributed by atoms with Gasteiger partial charge in [-0.15, -0.1) is 0 Å². The number of fused-ring (bicyclic) bond motifs is 2. The van der Waals surface area contributed by atoms with E-state index in [9.17, 15) is 14.4 Å². The van der Waals surface area contributed by atoms with Crippen molar-refractivity contribution in [2.75, 3.05) is 27.8 Å². The maximum Gasteiger partial charge on any atom is 0.325 e. The smallest absolute Gasteiger partial charge is 0.325 e. The predicted octanol–water partition coefficient (Wildman–Crippen LogP) is 1.43. The van der Waals surface area contributed by atoms with Crippen molar-refractivity contribution in [3.63, 3.8) is 0 Å². The maximum absolute atomic E-state index is 12.9. The van der Waals surface area contributed by atoms with E-state index < -0.39 is 29.2 Å². The molecule has 1 heterocycles. The molecule has 0 aromatic rings. The minimum absolute atomic E-state index is 0.255. The van der Waals surface area contributed by atoms with Crippen LogP contribution in [0.15, 0.2) is 34.4 Å². The summed E-state index contributed by atoms with van der Waals surface area (Å²) in [7, 11) is 4.11. The zero-order valence-electron chi connectivity index (χ0n) is 13.6. The number of hydrogen-bond donors (Lipinski definition) is 0. The summed E-state index contributed by atoms with van der Waals surface area (Å²) in [6.07, 6.45) is 7.21. The first kappa shape index (κ1) is 17.0.